The molecule has 0 amide bonds. The van der Waals surface area contributed by atoms with Crippen LogP contribution in [0.5, 0.6) is 11.5 Å². The van der Waals surface area contributed by atoms with Crippen molar-refractivity contribution in [2.75, 3.05) is 33.4 Å². The average Bonchev–Trinajstić information content (AvgIpc) is 2.50. The number of nitrogens with zero attached hydrogens (tertiary/aromatic N) is 1. The van der Waals surface area contributed by atoms with Crippen molar-refractivity contribution in [2.24, 2.45) is 5.73 Å². The first-order valence-electron chi connectivity index (χ1n) is 7.59. The summed E-state index contributed by atoms with van der Waals surface area (Å²) in [6.07, 6.45) is 3.83. The number of ether oxygens (including phenoxy) is 2. The molecule has 4 nitrogen and oxygen atoms in total. The van der Waals surface area contributed by atoms with Gasteiger partial charge in [0.25, 0.3) is 0 Å². The van der Waals surface area contributed by atoms with Crippen molar-refractivity contribution < 1.29 is 9.47 Å². The van der Waals surface area contributed by atoms with Crippen molar-refractivity contribution in [2.45, 2.75) is 31.2 Å². The molecule has 0 aromatic heterocycles. The van der Waals surface area contributed by atoms with Crippen molar-refractivity contribution in [1.82, 2.24) is 4.90 Å². The molecular formula is C16H24N2O2. The van der Waals surface area contributed by atoms with E-state index >= 15 is 0 Å². The third-order valence-electron chi connectivity index (χ3n) is 4.54. The molecule has 0 radical (unpaired) electrons. The molecule has 2 aliphatic heterocycles. The molecule has 1 fully saturated rings. The molecule has 3 rings (SSSR count). The summed E-state index contributed by atoms with van der Waals surface area (Å²) in [4.78, 5) is 2.46. The molecule has 1 aromatic carbocycles. The second kappa shape index (κ2) is 6.02. The monoisotopic (exact) mass is 276 g/mol. The summed E-state index contributed by atoms with van der Waals surface area (Å²) >= 11 is 0. The molecule has 0 bridgehead atoms. The lowest BCUT2D eigenvalue weighted by Crippen LogP contribution is -2.42. The fourth-order valence-electron chi connectivity index (χ4n) is 3.42. The first-order chi connectivity index (χ1) is 9.79. The zero-order valence-corrected chi connectivity index (χ0v) is 12.2. The predicted molar refractivity (Wildman–Crippen MR) is 79.5 cm³/mol. The van der Waals surface area contributed by atoms with Crippen molar-refractivity contribution in [1.29, 1.82) is 0 Å². The van der Waals surface area contributed by atoms with Crippen LogP contribution in [0.25, 0.3) is 0 Å². The van der Waals surface area contributed by atoms with Crippen molar-refractivity contribution in [3.05, 3.63) is 23.8 Å². The minimum absolute atomic E-state index is 0.371. The number of rotatable bonds is 3. The Morgan fingerprint density at radius 2 is 2.05 bits per heavy atom. The van der Waals surface area contributed by atoms with Crippen molar-refractivity contribution in [3.63, 3.8) is 0 Å². The van der Waals surface area contributed by atoms with Gasteiger partial charge in [0.1, 0.15) is 13.2 Å². The lowest BCUT2D eigenvalue weighted by Gasteiger charge is -2.38. The van der Waals surface area contributed by atoms with Crippen LogP contribution < -0.4 is 15.2 Å². The molecule has 110 valence electrons. The van der Waals surface area contributed by atoms with Gasteiger partial charge < -0.3 is 20.1 Å². The van der Waals surface area contributed by atoms with Crippen LogP contribution in [0.4, 0.5) is 0 Å². The van der Waals surface area contributed by atoms with E-state index in [1.807, 2.05) is 6.07 Å². The molecule has 2 N–H and O–H groups in total. The first kappa shape index (κ1) is 13.7. The first-order valence-corrected chi connectivity index (χ1v) is 7.59. The summed E-state index contributed by atoms with van der Waals surface area (Å²) in [5, 5.41) is 0. The molecule has 2 heterocycles. The largest absolute Gasteiger partial charge is 0.486 e. The highest BCUT2D eigenvalue weighted by Crippen LogP contribution is 2.36. The van der Waals surface area contributed by atoms with Gasteiger partial charge in [-0.15, -0.1) is 0 Å². The normalized spacial score (nSPS) is 24.4. The number of likely N-dealkylation sites (N-methyl/N-ethyl adjacent to an activating group) is 1. The Morgan fingerprint density at radius 1 is 1.25 bits per heavy atom. The second-order valence-electron chi connectivity index (χ2n) is 5.79. The van der Waals surface area contributed by atoms with Gasteiger partial charge in [0.15, 0.2) is 11.5 Å². The highest BCUT2D eigenvalue weighted by molar-refractivity contribution is 5.45. The molecule has 20 heavy (non-hydrogen) atoms. The zero-order chi connectivity index (χ0) is 13.9. The summed E-state index contributed by atoms with van der Waals surface area (Å²) < 4.78 is 11.3. The van der Waals surface area contributed by atoms with E-state index in [0.29, 0.717) is 31.7 Å². The molecule has 4 heteroatoms. The fraction of sp³-hybridized carbons (Fsp3) is 0.625. The van der Waals surface area contributed by atoms with Crippen LogP contribution in [0.3, 0.4) is 0 Å². The van der Waals surface area contributed by atoms with Gasteiger partial charge in [0, 0.05) is 18.5 Å². The van der Waals surface area contributed by atoms with Gasteiger partial charge in [-0.05, 0) is 44.1 Å². The van der Waals surface area contributed by atoms with Crippen LogP contribution in [0, 0.1) is 0 Å². The summed E-state index contributed by atoms with van der Waals surface area (Å²) in [6, 6.07) is 6.83. The molecule has 0 spiro atoms. The fourth-order valence-corrected chi connectivity index (χ4v) is 3.42. The molecule has 1 saturated heterocycles. The molecule has 2 aliphatic rings. The van der Waals surface area contributed by atoms with Crippen LogP contribution in [-0.4, -0.2) is 44.3 Å². The van der Waals surface area contributed by atoms with E-state index in [9.17, 15) is 0 Å². The minimum atomic E-state index is 0.371. The van der Waals surface area contributed by atoms with Gasteiger partial charge in [0.2, 0.25) is 0 Å². The van der Waals surface area contributed by atoms with Crippen LogP contribution in [-0.2, 0) is 0 Å². The third-order valence-corrected chi connectivity index (χ3v) is 4.54. The Labute approximate surface area is 120 Å². The zero-order valence-electron chi connectivity index (χ0n) is 12.2. The van der Waals surface area contributed by atoms with Crippen LogP contribution in [0.1, 0.15) is 30.7 Å². The summed E-state index contributed by atoms with van der Waals surface area (Å²) in [7, 11) is 2.21. The van der Waals surface area contributed by atoms with Crippen LogP contribution >= 0.6 is 0 Å². The van der Waals surface area contributed by atoms with Gasteiger partial charge in [-0.3, -0.25) is 0 Å². The van der Waals surface area contributed by atoms with Crippen molar-refractivity contribution >= 4 is 0 Å². The van der Waals surface area contributed by atoms with Gasteiger partial charge >= 0.3 is 0 Å². The average molecular weight is 276 g/mol. The van der Waals surface area contributed by atoms with E-state index < -0.39 is 0 Å². The number of piperidine rings is 1. The Balaban J connectivity index is 1.85. The van der Waals surface area contributed by atoms with Gasteiger partial charge in [-0.1, -0.05) is 12.5 Å². The SMILES string of the molecule is CN1CCCCC1C(CN)c1ccc2c(c1)OCCO2. The summed E-state index contributed by atoms with van der Waals surface area (Å²) in [5.41, 5.74) is 7.35. The smallest absolute Gasteiger partial charge is 0.161 e. The summed E-state index contributed by atoms with van der Waals surface area (Å²) in [5.74, 6) is 2.09. The van der Waals surface area contributed by atoms with E-state index in [1.54, 1.807) is 0 Å². The molecule has 1 aromatic rings. The Bertz CT molecular complexity index is 464. The Hall–Kier alpha value is -1.26. The van der Waals surface area contributed by atoms with Crippen LogP contribution in [0.2, 0.25) is 0 Å². The van der Waals surface area contributed by atoms with Gasteiger partial charge in [0.05, 0.1) is 0 Å². The molecule has 0 saturated carbocycles. The van der Waals surface area contributed by atoms with E-state index in [2.05, 4.69) is 24.1 Å². The number of likely N-dealkylation sites (tertiary alicyclic amines) is 1. The van der Waals surface area contributed by atoms with E-state index in [4.69, 9.17) is 15.2 Å². The lowest BCUT2D eigenvalue weighted by atomic mass is 9.85. The number of hydrogen-bond acceptors (Lipinski definition) is 4. The molecule has 0 aliphatic carbocycles. The molecule has 2 atom stereocenters. The standard InChI is InChI=1S/C16H24N2O2/c1-18-7-3-2-4-14(18)13(11-17)12-5-6-15-16(10-12)20-9-8-19-15/h5-6,10,13-14H,2-4,7-9,11,17H2,1H3. The van der Waals surface area contributed by atoms with Crippen LogP contribution in [0.15, 0.2) is 18.2 Å². The number of nitrogens with two attached hydrogens (primary N) is 1. The van der Waals surface area contributed by atoms with Crippen molar-refractivity contribution in [3.8, 4) is 11.5 Å². The highest BCUT2D eigenvalue weighted by Gasteiger charge is 2.28. The maximum Gasteiger partial charge on any atom is 0.161 e. The second-order valence-corrected chi connectivity index (χ2v) is 5.79. The maximum absolute atomic E-state index is 6.08. The topological polar surface area (TPSA) is 47.7 Å². The predicted octanol–water partition coefficient (Wildman–Crippen LogP) is 1.98. The molecule has 2 unspecified atom stereocenters. The van der Waals surface area contributed by atoms with E-state index in [1.165, 1.54) is 31.4 Å². The van der Waals surface area contributed by atoms with E-state index in [-0.39, 0.29) is 0 Å². The Morgan fingerprint density at radius 3 is 2.80 bits per heavy atom. The third kappa shape index (κ3) is 2.63. The quantitative estimate of drug-likeness (QED) is 0.917. The number of hydrogen-bond donors (Lipinski definition) is 1. The summed E-state index contributed by atoms with van der Waals surface area (Å²) in [6.45, 7) is 3.12. The van der Waals surface area contributed by atoms with E-state index in [0.717, 1.165) is 11.5 Å². The minimum Gasteiger partial charge on any atom is -0.486 e. The highest BCUT2D eigenvalue weighted by atomic mass is 16.6. The number of fused-ring (bicyclic) bond motifs is 1. The number of benzene rings is 1. The van der Waals surface area contributed by atoms with Gasteiger partial charge in [-0.25, -0.2) is 0 Å². The Kier molecular flexibility index (Phi) is 4.13. The van der Waals surface area contributed by atoms with Gasteiger partial charge in [-0.2, -0.15) is 0 Å². The molecular weight excluding hydrogens is 252 g/mol. The lowest BCUT2D eigenvalue weighted by molar-refractivity contribution is 0.158. The maximum atomic E-state index is 6.08.